The number of nitrogens with zero attached hydrogens (tertiary/aromatic N) is 4. The molecule has 0 fully saturated rings. The van der Waals surface area contributed by atoms with Gasteiger partial charge in [0.05, 0.1) is 0 Å². The summed E-state index contributed by atoms with van der Waals surface area (Å²) in [4.78, 5) is 10.7. The molecule has 6 heteroatoms. The summed E-state index contributed by atoms with van der Waals surface area (Å²) in [7, 11) is 0. The molecule has 0 unspecified atom stereocenters. The standard InChI is InChI=1S/C11H12N4O2/c1-7-4-3-5-8(2)10(7)11-12-13-14-15(11)6-9(16)17/h3-5H,6H2,1-2H3,(H,16,17). The Kier molecular flexibility index (Phi) is 2.86. The van der Waals surface area contributed by atoms with Gasteiger partial charge in [-0.15, -0.1) is 5.10 Å². The molecule has 0 atom stereocenters. The Labute approximate surface area is 97.9 Å². The van der Waals surface area contributed by atoms with Crippen LogP contribution in [-0.4, -0.2) is 31.3 Å². The van der Waals surface area contributed by atoms with Gasteiger partial charge in [0.1, 0.15) is 6.54 Å². The first-order valence-corrected chi connectivity index (χ1v) is 5.14. The third kappa shape index (κ3) is 2.15. The van der Waals surface area contributed by atoms with Gasteiger partial charge in [0.15, 0.2) is 5.82 Å². The summed E-state index contributed by atoms with van der Waals surface area (Å²) < 4.78 is 1.29. The van der Waals surface area contributed by atoms with Crippen molar-refractivity contribution in [3.8, 4) is 11.4 Å². The van der Waals surface area contributed by atoms with Crippen LogP contribution >= 0.6 is 0 Å². The van der Waals surface area contributed by atoms with Gasteiger partial charge in [0, 0.05) is 5.56 Å². The lowest BCUT2D eigenvalue weighted by molar-refractivity contribution is -0.137. The third-order valence-electron chi connectivity index (χ3n) is 2.52. The van der Waals surface area contributed by atoms with Gasteiger partial charge < -0.3 is 5.11 Å². The van der Waals surface area contributed by atoms with E-state index in [1.54, 1.807) is 0 Å². The highest BCUT2D eigenvalue weighted by Crippen LogP contribution is 2.24. The van der Waals surface area contributed by atoms with Crippen molar-refractivity contribution in [3.63, 3.8) is 0 Å². The summed E-state index contributed by atoms with van der Waals surface area (Å²) in [5.74, 6) is -0.479. The highest BCUT2D eigenvalue weighted by Gasteiger charge is 2.15. The molecule has 2 aromatic rings. The summed E-state index contributed by atoms with van der Waals surface area (Å²) in [6.45, 7) is 3.65. The Balaban J connectivity index is 2.53. The van der Waals surface area contributed by atoms with E-state index in [2.05, 4.69) is 15.5 Å². The van der Waals surface area contributed by atoms with Crippen molar-refractivity contribution in [1.29, 1.82) is 0 Å². The predicted molar refractivity (Wildman–Crippen MR) is 60.4 cm³/mol. The zero-order valence-electron chi connectivity index (χ0n) is 9.58. The van der Waals surface area contributed by atoms with E-state index in [0.717, 1.165) is 16.7 Å². The number of hydrogen-bond donors (Lipinski definition) is 1. The largest absolute Gasteiger partial charge is 0.480 e. The van der Waals surface area contributed by atoms with Crippen molar-refractivity contribution in [2.75, 3.05) is 0 Å². The second kappa shape index (κ2) is 4.32. The number of aliphatic carboxylic acids is 1. The lowest BCUT2D eigenvalue weighted by Gasteiger charge is -2.08. The summed E-state index contributed by atoms with van der Waals surface area (Å²) in [6.07, 6.45) is 0. The normalized spacial score (nSPS) is 10.5. The van der Waals surface area contributed by atoms with Crippen molar-refractivity contribution in [1.82, 2.24) is 20.2 Å². The Morgan fingerprint density at radius 3 is 2.59 bits per heavy atom. The molecule has 0 amide bonds. The van der Waals surface area contributed by atoms with Crippen LogP contribution in [-0.2, 0) is 11.3 Å². The number of aryl methyl sites for hydroxylation is 2. The number of carboxylic acids is 1. The molecule has 0 aliphatic rings. The van der Waals surface area contributed by atoms with Crippen molar-refractivity contribution in [2.24, 2.45) is 0 Å². The van der Waals surface area contributed by atoms with Crippen molar-refractivity contribution >= 4 is 5.97 Å². The van der Waals surface area contributed by atoms with E-state index in [4.69, 9.17) is 5.11 Å². The van der Waals surface area contributed by atoms with Gasteiger partial charge in [0.2, 0.25) is 0 Å². The SMILES string of the molecule is Cc1cccc(C)c1-c1nnnn1CC(=O)O. The number of carbonyl (C=O) groups is 1. The van der Waals surface area contributed by atoms with E-state index in [1.807, 2.05) is 32.0 Å². The van der Waals surface area contributed by atoms with Gasteiger partial charge in [-0.3, -0.25) is 4.79 Å². The summed E-state index contributed by atoms with van der Waals surface area (Å²) >= 11 is 0. The van der Waals surface area contributed by atoms with Crippen molar-refractivity contribution in [2.45, 2.75) is 20.4 Å². The highest BCUT2D eigenvalue weighted by atomic mass is 16.4. The summed E-state index contributed by atoms with van der Waals surface area (Å²) in [5.41, 5.74) is 2.93. The average Bonchev–Trinajstić information content (AvgIpc) is 2.65. The van der Waals surface area contributed by atoms with Crippen LogP contribution in [0.5, 0.6) is 0 Å². The minimum absolute atomic E-state index is 0.240. The summed E-state index contributed by atoms with van der Waals surface area (Å²) in [6, 6.07) is 5.84. The smallest absolute Gasteiger partial charge is 0.325 e. The molecule has 1 aromatic heterocycles. The van der Waals surface area contributed by atoms with E-state index in [0.29, 0.717) is 5.82 Å². The van der Waals surface area contributed by atoms with Crippen LogP contribution in [0.3, 0.4) is 0 Å². The number of carboxylic acid groups (broad SMARTS) is 1. The molecule has 0 saturated carbocycles. The molecule has 1 aromatic carbocycles. The molecule has 0 aliphatic heterocycles. The molecular weight excluding hydrogens is 220 g/mol. The molecule has 0 saturated heterocycles. The number of tetrazole rings is 1. The van der Waals surface area contributed by atoms with Crippen LogP contribution in [0.25, 0.3) is 11.4 Å². The molecule has 2 rings (SSSR count). The maximum absolute atomic E-state index is 10.7. The Morgan fingerprint density at radius 2 is 2.00 bits per heavy atom. The monoisotopic (exact) mass is 232 g/mol. The van der Waals surface area contributed by atoms with Crippen LogP contribution in [0.15, 0.2) is 18.2 Å². The van der Waals surface area contributed by atoms with Gasteiger partial charge in [-0.1, -0.05) is 18.2 Å². The van der Waals surface area contributed by atoms with Gasteiger partial charge in [-0.25, -0.2) is 4.68 Å². The zero-order chi connectivity index (χ0) is 12.4. The van der Waals surface area contributed by atoms with Crippen LogP contribution in [0.4, 0.5) is 0 Å². The fraction of sp³-hybridized carbons (Fsp3) is 0.273. The van der Waals surface area contributed by atoms with Crippen LogP contribution in [0, 0.1) is 13.8 Å². The average molecular weight is 232 g/mol. The quantitative estimate of drug-likeness (QED) is 0.855. The second-order valence-corrected chi connectivity index (χ2v) is 3.82. The fourth-order valence-corrected chi connectivity index (χ4v) is 1.79. The van der Waals surface area contributed by atoms with Crippen molar-refractivity contribution < 1.29 is 9.90 Å². The molecule has 0 aliphatic carbocycles. The van der Waals surface area contributed by atoms with E-state index >= 15 is 0 Å². The Bertz CT molecular complexity index is 542. The topological polar surface area (TPSA) is 80.9 Å². The Hall–Kier alpha value is -2.24. The maximum atomic E-state index is 10.7. The van der Waals surface area contributed by atoms with E-state index in [9.17, 15) is 4.79 Å². The lowest BCUT2D eigenvalue weighted by Crippen LogP contribution is -2.12. The van der Waals surface area contributed by atoms with E-state index < -0.39 is 5.97 Å². The molecule has 17 heavy (non-hydrogen) atoms. The second-order valence-electron chi connectivity index (χ2n) is 3.82. The number of benzene rings is 1. The molecular formula is C11H12N4O2. The molecule has 0 radical (unpaired) electrons. The first kappa shape index (κ1) is 11.3. The molecule has 88 valence electrons. The molecule has 0 spiro atoms. The molecule has 1 heterocycles. The van der Waals surface area contributed by atoms with Crippen LogP contribution in [0.2, 0.25) is 0 Å². The molecule has 6 nitrogen and oxygen atoms in total. The fourth-order valence-electron chi connectivity index (χ4n) is 1.79. The van der Waals surface area contributed by atoms with Gasteiger partial charge >= 0.3 is 5.97 Å². The third-order valence-corrected chi connectivity index (χ3v) is 2.52. The first-order valence-electron chi connectivity index (χ1n) is 5.14. The van der Waals surface area contributed by atoms with Gasteiger partial charge in [-0.05, 0) is 35.4 Å². The minimum Gasteiger partial charge on any atom is -0.480 e. The summed E-state index contributed by atoms with van der Waals surface area (Å²) in [5, 5.41) is 19.9. The van der Waals surface area contributed by atoms with Crippen molar-refractivity contribution in [3.05, 3.63) is 29.3 Å². The lowest BCUT2D eigenvalue weighted by atomic mass is 10.0. The minimum atomic E-state index is -0.968. The predicted octanol–water partition coefficient (Wildman–Crippen LogP) is 1.04. The highest BCUT2D eigenvalue weighted by molar-refractivity contribution is 5.69. The van der Waals surface area contributed by atoms with E-state index in [-0.39, 0.29) is 6.54 Å². The van der Waals surface area contributed by atoms with Gasteiger partial charge in [0.25, 0.3) is 0 Å². The molecule has 1 N–H and O–H groups in total. The number of aromatic nitrogens is 4. The zero-order valence-corrected chi connectivity index (χ0v) is 9.58. The first-order chi connectivity index (χ1) is 8.09. The Morgan fingerprint density at radius 1 is 1.35 bits per heavy atom. The van der Waals surface area contributed by atoms with E-state index in [1.165, 1.54) is 4.68 Å². The van der Waals surface area contributed by atoms with Crippen LogP contribution < -0.4 is 0 Å². The van der Waals surface area contributed by atoms with Gasteiger partial charge in [-0.2, -0.15) is 0 Å². The maximum Gasteiger partial charge on any atom is 0.325 e. The molecule has 0 bridgehead atoms. The number of rotatable bonds is 3. The van der Waals surface area contributed by atoms with Crippen LogP contribution in [0.1, 0.15) is 11.1 Å². The number of hydrogen-bond acceptors (Lipinski definition) is 4.